The second kappa shape index (κ2) is 4.51. The number of hydrogen-bond donors (Lipinski definition) is 1. The van der Waals surface area contributed by atoms with Crippen molar-refractivity contribution in [2.24, 2.45) is 10.8 Å². The Hall–Kier alpha value is -1.14. The first-order chi connectivity index (χ1) is 8.48. The Morgan fingerprint density at radius 2 is 1.50 bits per heavy atom. The van der Waals surface area contributed by atoms with E-state index in [0.717, 1.165) is 0 Å². The number of piperidine rings is 2. The molecule has 2 atom stereocenters. The van der Waals surface area contributed by atoms with Crippen LogP contribution in [0, 0.1) is 10.8 Å². The Morgan fingerprint density at radius 1 is 1.06 bits per heavy atom. The zero-order valence-electron chi connectivity index (χ0n) is 11.1. The van der Waals surface area contributed by atoms with Gasteiger partial charge in [-0.3, -0.25) is 9.59 Å². The van der Waals surface area contributed by atoms with Crippen LogP contribution in [0.1, 0.15) is 6.42 Å². The Bertz CT molecular complexity index is 341. The lowest BCUT2D eigenvalue weighted by Gasteiger charge is -2.52. The van der Waals surface area contributed by atoms with E-state index < -0.39 is 10.8 Å². The molecule has 0 aliphatic carbocycles. The van der Waals surface area contributed by atoms with Crippen LogP contribution in [0.4, 0.5) is 0 Å². The molecule has 2 rings (SSSR count). The lowest BCUT2D eigenvalue weighted by atomic mass is 9.64. The Morgan fingerprint density at radius 3 is 1.89 bits per heavy atom. The van der Waals surface area contributed by atoms with E-state index in [1.807, 2.05) is 11.9 Å². The SMILES string of the molecule is COC(=O)C12CNCC(C(=O)OC)(CN(C)C1)C2. The molecule has 2 aliphatic heterocycles. The minimum absolute atomic E-state index is 0.255. The number of esters is 2. The number of hydrogen-bond acceptors (Lipinski definition) is 6. The molecule has 2 saturated heterocycles. The van der Waals surface area contributed by atoms with E-state index in [0.29, 0.717) is 32.6 Å². The number of fused-ring (bicyclic) bond motifs is 2. The summed E-state index contributed by atoms with van der Waals surface area (Å²) in [6, 6.07) is 0. The van der Waals surface area contributed by atoms with Crippen molar-refractivity contribution in [3.05, 3.63) is 0 Å². The summed E-state index contributed by atoms with van der Waals surface area (Å²) in [6.45, 7) is 2.29. The van der Waals surface area contributed by atoms with Crippen molar-refractivity contribution in [2.45, 2.75) is 6.42 Å². The Balaban J connectivity index is 2.34. The standard InChI is InChI=1S/C12H20N2O4/c1-14-7-11(9(15)17-2)4-12(8-14,6-13-5-11)10(16)18-3/h13H,4-8H2,1-3H3. The van der Waals surface area contributed by atoms with Gasteiger partial charge >= 0.3 is 11.9 Å². The molecule has 2 heterocycles. The van der Waals surface area contributed by atoms with E-state index in [2.05, 4.69) is 5.32 Å². The van der Waals surface area contributed by atoms with Gasteiger partial charge in [-0.1, -0.05) is 0 Å². The second-order valence-corrected chi connectivity index (χ2v) is 5.50. The van der Waals surface area contributed by atoms with E-state index in [1.54, 1.807) is 0 Å². The highest BCUT2D eigenvalue weighted by molar-refractivity contribution is 5.83. The fraction of sp³-hybridized carbons (Fsp3) is 0.833. The van der Waals surface area contributed by atoms with Crippen molar-refractivity contribution in [3.63, 3.8) is 0 Å². The average Bonchev–Trinajstić information content (AvgIpc) is 2.35. The van der Waals surface area contributed by atoms with Crippen LogP contribution >= 0.6 is 0 Å². The lowest BCUT2D eigenvalue weighted by molar-refractivity contribution is -0.174. The summed E-state index contributed by atoms with van der Waals surface area (Å²) in [4.78, 5) is 26.1. The number of ether oxygens (including phenoxy) is 2. The number of methoxy groups -OCH3 is 2. The Labute approximate surface area is 107 Å². The maximum atomic E-state index is 12.1. The van der Waals surface area contributed by atoms with E-state index >= 15 is 0 Å². The molecule has 0 amide bonds. The van der Waals surface area contributed by atoms with Gasteiger partial charge in [-0.25, -0.2) is 0 Å². The van der Waals surface area contributed by atoms with Gasteiger partial charge < -0.3 is 19.7 Å². The molecule has 0 spiro atoms. The Kier molecular flexibility index (Phi) is 3.33. The maximum absolute atomic E-state index is 12.1. The fourth-order valence-electron chi connectivity index (χ4n) is 3.48. The number of carbonyl (C=O) groups excluding carboxylic acids is 2. The molecule has 2 fully saturated rings. The normalized spacial score (nSPS) is 35.9. The van der Waals surface area contributed by atoms with Gasteiger partial charge in [-0.2, -0.15) is 0 Å². The summed E-state index contributed by atoms with van der Waals surface area (Å²) in [5.74, 6) is -0.510. The molecule has 0 radical (unpaired) electrons. The van der Waals surface area contributed by atoms with Crippen molar-refractivity contribution in [2.75, 3.05) is 47.4 Å². The van der Waals surface area contributed by atoms with E-state index in [4.69, 9.17) is 9.47 Å². The third kappa shape index (κ3) is 1.89. The monoisotopic (exact) mass is 256 g/mol. The molecule has 0 aromatic heterocycles. The van der Waals surface area contributed by atoms with Crippen molar-refractivity contribution < 1.29 is 19.1 Å². The molecule has 2 aliphatic rings. The summed E-state index contributed by atoms with van der Waals surface area (Å²) >= 11 is 0. The molecule has 2 unspecified atom stereocenters. The summed E-state index contributed by atoms with van der Waals surface area (Å²) in [5.41, 5.74) is -1.29. The summed E-state index contributed by atoms with van der Waals surface area (Å²) in [5, 5.41) is 3.19. The topological polar surface area (TPSA) is 67.9 Å². The molecule has 0 saturated carbocycles. The summed E-state index contributed by atoms with van der Waals surface area (Å²) in [7, 11) is 4.69. The van der Waals surface area contributed by atoms with E-state index in [-0.39, 0.29) is 11.9 Å². The predicted octanol–water partition coefficient (Wildman–Crippen LogP) is -0.756. The van der Waals surface area contributed by atoms with Crippen LogP contribution in [0.5, 0.6) is 0 Å². The van der Waals surface area contributed by atoms with E-state index in [1.165, 1.54) is 14.2 Å². The largest absolute Gasteiger partial charge is 0.469 e. The number of nitrogens with one attached hydrogen (secondary N) is 1. The quantitative estimate of drug-likeness (QED) is 0.655. The predicted molar refractivity (Wildman–Crippen MR) is 63.9 cm³/mol. The minimum Gasteiger partial charge on any atom is -0.469 e. The minimum atomic E-state index is -0.645. The molecule has 6 heteroatoms. The highest BCUT2D eigenvalue weighted by Gasteiger charge is 2.58. The molecule has 0 aromatic rings. The molecular weight excluding hydrogens is 236 g/mol. The summed E-state index contributed by atoms with van der Waals surface area (Å²) < 4.78 is 9.83. The van der Waals surface area contributed by atoms with Crippen molar-refractivity contribution in [1.29, 1.82) is 0 Å². The van der Waals surface area contributed by atoms with Crippen LogP contribution in [-0.4, -0.2) is 64.3 Å². The van der Waals surface area contributed by atoms with Gasteiger partial charge in [0.2, 0.25) is 0 Å². The fourth-order valence-corrected chi connectivity index (χ4v) is 3.48. The number of nitrogens with zero attached hydrogens (tertiary/aromatic N) is 1. The molecule has 2 bridgehead atoms. The molecule has 1 N–H and O–H groups in total. The first kappa shape index (κ1) is 13.3. The lowest BCUT2D eigenvalue weighted by Crippen LogP contribution is -2.67. The van der Waals surface area contributed by atoms with Gasteiger partial charge in [0.15, 0.2) is 0 Å². The van der Waals surface area contributed by atoms with Gasteiger partial charge in [-0.15, -0.1) is 0 Å². The van der Waals surface area contributed by atoms with Crippen molar-refractivity contribution >= 4 is 11.9 Å². The van der Waals surface area contributed by atoms with E-state index in [9.17, 15) is 9.59 Å². The van der Waals surface area contributed by atoms with Gasteiger partial charge in [0.1, 0.15) is 0 Å². The molecule has 18 heavy (non-hydrogen) atoms. The van der Waals surface area contributed by atoms with Gasteiger partial charge in [0, 0.05) is 26.2 Å². The average molecular weight is 256 g/mol. The van der Waals surface area contributed by atoms with Crippen LogP contribution in [0.15, 0.2) is 0 Å². The van der Waals surface area contributed by atoms with Crippen molar-refractivity contribution in [1.82, 2.24) is 10.2 Å². The first-order valence-electron chi connectivity index (χ1n) is 6.04. The number of likely N-dealkylation sites (tertiary alicyclic amines) is 1. The number of carbonyl (C=O) groups is 2. The van der Waals surface area contributed by atoms with Crippen LogP contribution in [0.25, 0.3) is 0 Å². The number of rotatable bonds is 2. The highest BCUT2D eigenvalue weighted by Crippen LogP contribution is 2.44. The van der Waals surface area contributed by atoms with Gasteiger partial charge in [-0.05, 0) is 13.5 Å². The molecule has 102 valence electrons. The molecule has 0 aromatic carbocycles. The van der Waals surface area contributed by atoms with Crippen LogP contribution in [-0.2, 0) is 19.1 Å². The third-order valence-corrected chi connectivity index (χ3v) is 3.99. The van der Waals surface area contributed by atoms with Crippen LogP contribution in [0.3, 0.4) is 0 Å². The summed E-state index contributed by atoms with van der Waals surface area (Å²) in [6.07, 6.45) is 0.497. The zero-order valence-corrected chi connectivity index (χ0v) is 11.1. The molecule has 6 nitrogen and oxygen atoms in total. The van der Waals surface area contributed by atoms with Crippen LogP contribution < -0.4 is 5.32 Å². The highest BCUT2D eigenvalue weighted by atomic mass is 16.5. The molecular formula is C12H20N2O4. The second-order valence-electron chi connectivity index (χ2n) is 5.50. The first-order valence-corrected chi connectivity index (χ1v) is 6.04. The zero-order chi connectivity index (χ0) is 13.4. The van der Waals surface area contributed by atoms with Crippen molar-refractivity contribution in [3.8, 4) is 0 Å². The smallest absolute Gasteiger partial charge is 0.314 e. The third-order valence-electron chi connectivity index (χ3n) is 3.99. The van der Waals surface area contributed by atoms with Crippen LogP contribution in [0.2, 0.25) is 0 Å². The van der Waals surface area contributed by atoms with Gasteiger partial charge in [0.05, 0.1) is 25.0 Å². The maximum Gasteiger partial charge on any atom is 0.314 e. The van der Waals surface area contributed by atoms with Gasteiger partial charge in [0.25, 0.3) is 0 Å².